The van der Waals surface area contributed by atoms with Gasteiger partial charge in [0.25, 0.3) is 5.91 Å². The van der Waals surface area contributed by atoms with Crippen molar-refractivity contribution in [3.63, 3.8) is 0 Å². The second-order valence-electron chi connectivity index (χ2n) is 19.8. The number of likely N-dealkylation sites (N-methyl/N-ethyl adjacent to an activating group) is 1. The lowest BCUT2D eigenvalue weighted by molar-refractivity contribution is -0.155. The van der Waals surface area contributed by atoms with E-state index in [9.17, 15) is 24.0 Å². The van der Waals surface area contributed by atoms with Crippen LogP contribution in [0.2, 0.25) is 0 Å². The molecule has 17 nitrogen and oxygen atoms in total. The minimum Gasteiger partial charge on any atom is -0.464 e. The van der Waals surface area contributed by atoms with Crippen molar-refractivity contribution in [2.24, 2.45) is 11.3 Å². The minimum atomic E-state index is -1.10. The standard InChI is InChI=1S/C51H67N9O8S/c1-10-43(61)59-22-23-67-41-18-21-57(27-40(41)59)50(65)56(8)45(30(3)4)47(62)54-37-25-42-53-38(28-69-42)32-16-17-39-34(24-32)35(46(58(39)11-2)33-14-12-19-52-44(33)31(5)66-9)26-51(6,7)29-68-49(64)36-15-13-20-60(55-36)48(37)63/h10,12,14,16-17,19,24,28,30-31,36-37,40-41,45,55H,1,11,13,15,18,20-23,25-27,29H2,2-9H3,(H,54,62)/t31-,36-,37-,40+,41-,45-/m0/s1. The lowest BCUT2D eigenvalue weighted by Crippen LogP contribution is -2.65. The number of pyridine rings is 1. The van der Waals surface area contributed by atoms with Crippen LogP contribution >= 0.6 is 11.3 Å². The molecule has 5 amide bonds. The summed E-state index contributed by atoms with van der Waals surface area (Å²) in [5.74, 6) is -1.96. The molecular weight excluding hydrogens is 899 g/mol. The third-order valence-electron chi connectivity index (χ3n) is 14.1. The van der Waals surface area contributed by atoms with E-state index >= 15 is 0 Å². The molecule has 0 saturated carbocycles. The van der Waals surface area contributed by atoms with Crippen LogP contribution in [0.15, 0.2) is 54.6 Å². The number of rotatable bonds is 9. The predicted molar refractivity (Wildman–Crippen MR) is 263 cm³/mol. The number of urea groups is 1. The molecule has 4 aromatic rings. The number of nitrogens with zero attached hydrogens (tertiary/aromatic N) is 7. The molecule has 3 saturated heterocycles. The first-order valence-electron chi connectivity index (χ1n) is 24.2. The Morgan fingerprint density at radius 2 is 1.93 bits per heavy atom. The van der Waals surface area contributed by atoms with Gasteiger partial charge < -0.3 is 38.8 Å². The van der Waals surface area contributed by atoms with Gasteiger partial charge in [-0.05, 0) is 81.4 Å². The Hall–Kier alpha value is -5.69. The first-order chi connectivity index (χ1) is 33.0. The van der Waals surface area contributed by atoms with Gasteiger partial charge in [0.05, 0.1) is 53.6 Å². The zero-order valence-electron chi connectivity index (χ0n) is 41.2. The summed E-state index contributed by atoms with van der Waals surface area (Å²) in [6.07, 6.45) is 4.76. The number of likely N-dealkylation sites (tertiary alicyclic amines) is 1. The molecule has 0 spiro atoms. The number of piperidine rings is 1. The zero-order chi connectivity index (χ0) is 49.3. The van der Waals surface area contributed by atoms with Crippen LogP contribution in [0.4, 0.5) is 4.79 Å². The number of carbonyl (C=O) groups excluding carboxylic acids is 5. The number of methoxy groups -OCH3 is 1. The molecule has 7 heterocycles. The van der Waals surface area contributed by atoms with Gasteiger partial charge in [0, 0.05) is 92.3 Å². The van der Waals surface area contributed by atoms with Crippen molar-refractivity contribution < 1.29 is 38.2 Å². The number of aromatic nitrogens is 3. The molecule has 8 rings (SSSR count). The molecule has 69 heavy (non-hydrogen) atoms. The fourth-order valence-corrected chi connectivity index (χ4v) is 11.4. The summed E-state index contributed by atoms with van der Waals surface area (Å²) in [6.45, 7) is 18.3. The van der Waals surface area contributed by atoms with Crippen molar-refractivity contribution in [2.75, 3.05) is 53.6 Å². The predicted octanol–water partition coefficient (Wildman–Crippen LogP) is 5.77. The average Bonchev–Trinajstić information content (AvgIpc) is 3.95. The van der Waals surface area contributed by atoms with Crippen LogP contribution in [-0.2, 0) is 52.8 Å². The number of thiazole rings is 1. The van der Waals surface area contributed by atoms with E-state index in [1.165, 1.54) is 27.3 Å². The minimum absolute atomic E-state index is 0.0624. The third-order valence-corrected chi connectivity index (χ3v) is 15.0. The van der Waals surface area contributed by atoms with Crippen LogP contribution < -0.4 is 10.7 Å². The Bertz CT molecular complexity index is 2590. The maximum atomic E-state index is 14.7. The van der Waals surface area contributed by atoms with Gasteiger partial charge in [0.1, 0.15) is 18.1 Å². The number of carbonyl (C=O) groups is 5. The van der Waals surface area contributed by atoms with Crippen molar-refractivity contribution in [1.82, 2.24) is 45.0 Å². The van der Waals surface area contributed by atoms with Gasteiger partial charge in [0.2, 0.25) is 11.8 Å². The number of nitrogens with one attached hydrogen (secondary N) is 2. The number of aryl methyl sites for hydroxylation is 1. The molecular formula is C51H67N9O8S. The number of hydrogen-bond acceptors (Lipinski definition) is 12. The summed E-state index contributed by atoms with van der Waals surface area (Å²) in [5.41, 5.74) is 9.23. The maximum Gasteiger partial charge on any atom is 0.324 e. The normalized spacial score (nSPS) is 22.9. The Morgan fingerprint density at radius 1 is 1.13 bits per heavy atom. The monoisotopic (exact) mass is 965 g/mol. The van der Waals surface area contributed by atoms with Gasteiger partial charge >= 0.3 is 12.0 Å². The average molecular weight is 966 g/mol. The highest BCUT2D eigenvalue weighted by Crippen LogP contribution is 2.42. The molecule has 2 N–H and O–H groups in total. The van der Waals surface area contributed by atoms with E-state index in [1.807, 2.05) is 32.2 Å². The fraction of sp³-hybridized carbons (Fsp3) is 0.549. The maximum absolute atomic E-state index is 14.7. The molecule has 1 aromatic carbocycles. The van der Waals surface area contributed by atoms with Crippen LogP contribution in [0.3, 0.4) is 0 Å². The lowest BCUT2D eigenvalue weighted by Gasteiger charge is -2.47. The summed E-state index contributed by atoms with van der Waals surface area (Å²) in [5, 5.41) is 8.11. The summed E-state index contributed by atoms with van der Waals surface area (Å²) < 4.78 is 20.2. The van der Waals surface area contributed by atoms with E-state index < -0.39 is 41.3 Å². The van der Waals surface area contributed by atoms with Gasteiger partial charge in [-0.3, -0.25) is 29.2 Å². The number of cyclic esters (lactones) is 1. The molecule has 4 aliphatic heterocycles. The van der Waals surface area contributed by atoms with Gasteiger partial charge in [0.15, 0.2) is 0 Å². The second-order valence-corrected chi connectivity index (χ2v) is 20.7. The van der Waals surface area contributed by atoms with E-state index in [4.69, 9.17) is 24.2 Å². The number of hydrogen-bond donors (Lipinski definition) is 2. The van der Waals surface area contributed by atoms with E-state index in [2.05, 4.69) is 66.9 Å². The van der Waals surface area contributed by atoms with Crippen molar-refractivity contribution in [3.05, 3.63) is 70.8 Å². The lowest BCUT2D eigenvalue weighted by atomic mass is 9.84. The van der Waals surface area contributed by atoms with E-state index in [0.29, 0.717) is 63.5 Å². The first-order valence-corrected chi connectivity index (χ1v) is 25.1. The van der Waals surface area contributed by atoms with Crippen molar-refractivity contribution >= 4 is 52.0 Å². The largest absolute Gasteiger partial charge is 0.464 e. The van der Waals surface area contributed by atoms with Crippen LogP contribution in [0.25, 0.3) is 33.4 Å². The topological polar surface area (TPSA) is 181 Å². The van der Waals surface area contributed by atoms with Crippen LogP contribution in [0.5, 0.6) is 0 Å². The number of esters is 1. The summed E-state index contributed by atoms with van der Waals surface area (Å²) >= 11 is 1.40. The molecule has 3 fully saturated rings. The molecule has 370 valence electrons. The molecule has 6 atom stereocenters. The van der Waals surface area contributed by atoms with Gasteiger partial charge in [-0.2, -0.15) is 0 Å². The van der Waals surface area contributed by atoms with Gasteiger partial charge in [-0.25, -0.2) is 15.2 Å². The summed E-state index contributed by atoms with van der Waals surface area (Å²) in [4.78, 5) is 85.1. The second kappa shape index (κ2) is 20.7. The quantitative estimate of drug-likeness (QED) is 0.154. The van der Waals surface area contributed by atoms with E-state index in [0.717, 1.165) is 44.7 Å². The van der Waals surface area contributed by atoms with Crippen LogP contribution in [0, 0.1) is 11.3 Å². The smallest absolute Gasteiger partial charge is 0.324 e. The number of hydrazine groups is 1. The molecule has 3 aromatic heterocycles. The molecule has 18 heteroatoms. The Kier molecular flexibility index (Phi) is 14.9. The van der Waals surface area contributed by atoms with Crippen LogP contribution in [-0.4, -0.2) is 148 Å². The Labute approximate surface area is 408 Å². The number of morpholine rings is 1. The van der Waals surface area contributed by atoms with Crippen molar-refractivity contribution in [1.29, 1.82) is 0 Å². The summed E-state index contributed by atoms with van der Waals surface area (Å²) in [6, 6.07) is 6.83. The zero-order valence-corrected chi connectivity index (χ0v) is 42.0. The van der Waals surface area contributed by atoms with Gasteiger partial charge in [-0.1, -0.05) is 40.3 Å². The van der Waals surface area contributed by atoms with Crippen molar-refractivity contribution in [3.8, 4) is 22.5 Å². The number of benzene rings is 1. The molecule has 0 radical (unpaired) electrons. The highest BCUT2D eigenvalue weighted by Gasteiger charge is 2.43. The Morgan fingerprint density at radius 3 is 2.67 bits per heavy atom. The molecule has 0 aliphatic carbocycles. The van der Waals surface area contributed by atoms with Crippen molar-refractivity contribution in [2.45, 2.75) is 117 Å². The highest BCUT2D eigenvalue weighted by molar-refractivity contribution is 7.10. The highest BCUT2D eigenvalue weighted by atomic mass is 32.1. The molecule has 4 aliphatic rings. The Balaban J connectivity index is 1.13. The summed E-state index contributed by atoms with van der Waals surface area (Å²) in [7, 11) is 3.28. The van der Waals surface area contributed by atoms with E-state index in [-0.39, 0.29) is 55.7 Å². The fourth-order valence-electron chi connectivity index (χ4n) is 10.5. The first kappa shape index (κ1) is 49.7. The molecule has 6 bridgehead atoms. The SMILES string of the molecule is C=CC(=O)N1CCO[C@H]2CCN(C(=O)N(C)[C@H](C(=O)N[C@H]3Cc4nc(cs4)-c4ccc5c(c4)c(c(-c4cccnc4[C@H](C)OC)n5CC)CC(C)(C)COC(=O)[C@@H]4CCCN(N4)C3=O)C(C)C)C[C@H]21. The number of ether oxygens (including phenoxy) is 3. The number of fused-ring (bicyclic) bond motifs is 7. The van der Waals surface area contributed by atoms with Crippen LogP contribution in [0.1, 0.15) is 83.2 Å². The third kappa shape index (κ3) is 10.2. The number of amides is 5. The van der Waals surface area contributed by atoms with Gasteiger partial charge in [-0.15, -0.1) is 11.3 Å². The molecule has 0 unspecified atom stereocenters. The van der Waals surface area contributed by atoms with E-state index in [1.54, 1.807) is 30.2 Å².